The minimum absolute atomic E-state index is 0.0300. The van der Waals surface area contributed by atoms with Crippen LogP contribution >= 0.6 is 23.2 Å². The van der Waals surface area contributed by atoms with Crippen LogP contribution in [0.1, 0.15) is 43.8 Å². The van der Waals surface area contributed by atoms with E-state index in [0.717, 1.165) is 37.0 Å². The van der Waals surface area contributed by atoms with Crippen LogP contribution in [0.25, 0.3) is 11.5 Å². The maximum Gasteiger partial charge on any atom is 0.222 e. The molecule has 2 aliphatic rings. The van der Waals surface area contributed by atoms with Gasteiger partial charge in [0.25, 0.3) is 0 Å². The number of nitrogens with zero attached hydrogens (tertiary/aromatic N) is 7. The largest absolute Gasteiger partial charge is 0.325 e. The van der Waals surface area contributed by atoms with Gasteiger partial charge in [-0.15, -0.1) is 4.80 Å². The van der Waals surface area contributed by atoms with Crippen LogP contribution in [0.4, 0.5) is 5.69 Å². The molecule has 0 radical (unpaired) electrons. The molecule has 166 valence electrons. The zero-order chi connectivity index (χ0) is 23.0. The molecule has 1 saturated heterocycles. The average molecular weight is 481 g/mol. The first-order chi connectivity index (χ1) is 15.8. The maximum atomic E-state index is 13.5. The topological polar surface area (TPSA) is 103 Å². The van der Waals surface area contributed by atoms with Crippen molar-refractivity contribution in [3.8, 4) is 5.82 Å². The van der Waals surface area contributed by atoms with Crippen LogP contribution in [-0.2, 0) is 10.2 Å². The lowest BCUT2D eigenvalue weighted by Crippen LogP contribution is -2.25. The highest BCUT2D eigenvalue weighted by atomic mass is 35.5. The highest BCUT2D eigenvalue weighted by molar-refractivity contribution is 6.65. The maximum absolute atomic E-state index is 13.5. The third kappa shape index (κ3) is 3.15. The van der Waals surface area contributed by atoms with Crippen molar-refractivity contribution in [2.24, 2.45) is 0 Å². The highest BCUT2D eigenvalue weighted by Crippen LogP contribution is 2.65. The number of halogens is 2. The third-order valence-corrected chi connectivity index (χ3v) is 7.37. The number of rotatable bonds is 3. The number of fused-ring (bicyclic) bond motifs is 5. The average Bonchev–Trinajstić information content (AvgIpc) is 3.08. The van der Waals surface area contributed by atoms with Crippen LogP contribution in [0.2, 0.25) is 15.5 Å². The van der Waals surface area contributed by atoms with E-state index in [2.05, 4.69) is 44.4 Å². The molecule has 1 amide bonds. The fraction of sp³-hybridized carbons (Fsp3) is 0.333. The van der Waals surface area contributed by atoms with E-state index < -0.39 is 5.31 Å². The molecule has 9 nitrogen and oxygen atoms in total. The normalized spacial score (nSPS) is 22.7. The van der Waals surface area contributed by atoms with Crippen molar-refractivity contribution in [3.05, 3.63) is 58.4 Å². The van der Waals surface area contributed by atoms with Crippen LogP contribution in [0, 0.1) is 0 Å². The molecule has 2 atom stereocenters. The molecule has 5 heterocycles. The monoisotopic (exact) mass is 480 g/mol. The van der Waals surface area contributed by atoms with Gasteiger partial charge in [0, 0.05) is 23.0 Å². The molecule has 0 spiro atoms. The summed E-state index contributed by atoms with van der Waals surface area (Å²) in [6.45, 7) is 4.37. The van der Waals surface area contributed by atoms with Crippen LogP contribution < -0.4 is 5.32 Å². The van der Waals surface area contributed by atoms with Crippen molar-refractivity contribution >= 4 is 47.7 Å². The molecule has 0 aromatic carbocycles. The second-order valence-corrected chi connectivity index (χ2v) is 10.2. The summed E-state index contributed by atoms with van der Waals surface area (Å²) >= 11 is 12.5. The first kappa shape index (κ1) is 20.6. The number of amides is 1. The third-order valence-electron chi connectivity index (χ3n) is 6.91. The molecule has 12 heteroatoms. The fourth-order valence-corrected chi connectivity index (χ4v) is 5.50. The lowest BCUT2D eigenvalue weighted by atomic mass is 9.74. The zero-order valence-corrected chi connectivity index (χ0v) is 19.5. The highest BCUT2D eigenvalue weighted by Gasteiger charge is 2.64. The summed E-state index contributed by atoms with van der Waals surface area (Å²) in [6, 6.07) is 3.43. The predicted molar refractivity (Wildman–Crippen MR) is 126 cm³/mol. The Morgan fingerprint density at radius 2 is 1.94 bits per heavy atom. The molecule has 4 aromatic heterocycles. The lowest BCUT2D eigenvalue weighted by Gasteiger charge is -2.27. The summed E-state index contributed by atoms with van der Waals surface area (Å²) in [4.78, 5) is 23.7. The molecular formula is C21H19BCl2N8O. The van der Waals surface area contributed by atoms with Crippen LogP contribution in [0.15, 0.2) is 36.9 Å². The van der Waals surface area contributed by atoms with E-state index in [4.69, 9.17) is 23.2 Å². The molecule has 0 saturated carbocycles. The minimum Gasteiger partial charge on any atom is -0.325 e. The van der Waals surface area contributed by atoms with Crippen molar-refractivity contribution in [2.45, 2.75) is 43.2 Å². The van der Waals surface area contributed by atoms with Crippen molar-refractivity contribution in [1.82, 2.24) is 34.6 Å². The van der Waals surface area contributed by atoms with E-state index >= 15 is 0 Å². The van der Waals surface area contributed by atoms with Gasteiger partial charge in [0.2, 0.25) is 5.91 Å². The van der Waals surface area contributed by atoms with E-state index in [1.165, 1.54) is 4.80 Å². The Labute approximate surface area is 199 Å². The van der Waals surface area contributed by atoms with Crippen molar-refractivity contribution < 1.29 is 4.79 Å². The molecule has 1 unspecified atom stereocenters. The van der Waals surface area contributed by atoms with Gasteiger partial charge in [-0.25, -0.2) is 14.5 Å². The summed E-state index contributed by atoms with van der Waals surface area (Å²) in [7, 11) is 0.764. The van der Waals surface area contributed by atoms with Gasteiger partial charge >= 0.3 is 0 Å². The molecule has 1 aliphatic carbocycles. The van der Waals surface area contributed by atoms with Gasteiger partial charge in [-0.2, -0.15) is 15.3 Å². The molecule has 33 heavy (non-hydrogen) atoms. The Morgan fingerprint density at radius 1 is 1.15 bits per heavy atom. The Balaban J connectivity index is 1.32. The van der Waals surface area contributed by atoms with Crippen LogP contribution in [0.3, 0.4) is 0 Å². The Morgan fingerprint density at radius 3 is 2.70 bits per heavy atom. The molecule has 0 bridgehead atoms. The lowest BCUT2D eigenvalue weighted by molar-refractivity contribution is -0.118. The predicted octanol–water partition coefficient (Wildman–Crippen LogP) is 3.37. The van der Waals surface area contributed by atoms with Crippen molar-refractivity contribution in [3.63, 3.8) is 0 Å². The fourth-order valence-electron chi connectivity index (χ4n) is 5.09. The summed E-state index contributed by atoms with van der Waals surface area (Å²) in [5.74, 6) is 0.447. The van der Waals surface area contributed by atoms with Crippen molar-refractivity contribution in [2.75, 3.05) is 5.32 Å². The van der Waals surface area contributed by atoms with Gasteiger partial charge in [-0.1, -0.05) is 37.0 Å². The van der Waals surface area contributed by atoms with Gasteiger partial charge < -0.3 is 5.32 Å². The SMILES string of the molecule is CC1(C)CC[C@@]2(C(=O)Nc3cnc(-n4nccn4)c(Cl)c3)BC2c2cnc3cc(Cl)nn3c21. The van der Waals surface area contributed by atoms with Gasteiger partial charge in [0.15, 0.2) is 16.6 Å². The molecule has 1 fully saturated rings. The molecule has 6 rings (SSSR count). The number of carbonyl (C=O) groups excluding carboxylic acids is 1. The molecule has 1 N–H and O–H groups in total. The number of hydrogen-bond donors (Lipinski definition) is 1. The molecule has 1 aliphatic heterocycles. The Kier molecular flexibility index (Phi) is 4.38. The van der Waals surface area contributed by atoms with E-state index in [1.54, 1.807) is 30.7 Å². The van der Waals surface area contributed by atoms with Gasteiger partial charge in [-0.3, -0.25) is 4.79 Å². The summed E-state index contributed by atoms with van der Waals surface area (Å²) in [6.07, 6.45) is 8.15. The second kappa shape index (κ2) is 7.01. The van der Waals surface area contributed by atoms with E-state index in [0.29, 0.717) is 21.7 Å². The number of aromatic nitrogens is 7. The minimum atomic E-state index is -0.497. The summed E-state index contributed by atoms with van der Waals surface area (Å²) < 4.78 is 1.84. The summed E-state index contributed by atoms with van der Waals surface area (Å²) in [5.41, 5.74) is 3.22. The first-order valence-corrected chi connectivity index (χ1v) is 11.4. The van der Waals surface area contributed by atoms with E-state index in [-0.39, 0.29) is 17.1 Å². The number of anilines is 1. The van der Waals surface area contributed by atoms with E-state index in [1.807, 2.05) is 10.7 Å². The van der Waals surface area contributed by atoms with Gasteiger partial charge in [-0.05, 0) is 30.3 Å². The Hall–Kier alpha value is -2.98. The number of hydrogen-bond acceptors (Lipinski definition) is 6. The second-order valence-electron chi connectivity index (χ2n) is 9.40. The quantitative estimate of drug-likeness (QED) is 0.451. The zero-order valence-electron chi connectivity index (χ0n) is 18.0. The molecule has 4 aromatic rings. The first-order valence-electron chi connectivity index (χ1n) is 10.7. The number of carbonyl (C=O) groups is 1. The van der Waals surface area contributed by atoms with Crippen LogP contribution in [-0.4, -0.2) is 47.8 Å². The van der Waals surface area contributed by atoms with Crippen molar-refractivity contribution in [1.29, 1.82) is 0 Å². The number of nitrogens with one attached hydrogen (secondary N) is 1. The van der Waals surface area contributed by atoms with Crippen LogP contribution in [0.5, 0.6) is 0 Å². The smallest absolute Gasteiger partial charge is 0.222 e. The number of pyridine rings is 1. The standard InChI is InChI=1S/C21H19BCl2N8O/c1-20(2)3-4-21(16(22-21)12-10-25-15-8-14(24)30-31(15)17(12)20)19(33)29-11-7-13(23)18(26-9-11)32-27-5-6-28-32/h5-10,16,22H,3-4H2,1-2H3,(H,29,33)/t16?,21-/m1/s1. The Bertz CT molecular complexity index is 1420. The van der Waals surface area contributed by atoms with Gasteiger partial charge in [0.05, 0.1) is 35.0 Å². The van der Waals surface area contributed by atoms with Gasteiger partial charge in [0.1, 0.15) is 7.28 Å². The molecular weight excluding hydrogens is 462 g/mol. The summed E-state index contributed by atoms with van der Waals surface area (Å²) in [5, 5.41) is 15.9. The van der Waals surface area contributed by atoms with E-state index in [9.17, 15) is 4.79 Å².